The normalized spacial score (nSPS) is 12.2. The highest BCUT2D eigenvalue weighted by Gasteiger charge is 2.16. The molecule has 0 spiro atoms. The van der Waals surface area contributed by atoms with Gasteiger partial charge in [0, 0.05) is 18.9 Å². The second-order valence-electron chi connectivity index (χ2n) is 5.63. The highest BCUT2D eigenvalue weighted by Crippen LogP contribution is 2.16. The first kappa shape index (κ1) is 17.4. The van der Waals surface area contributed by atoms with Crippen LogP contribution in [0.25, 0.3) is 0 Å². The third kappa shape index (κ3) is 5.01. The van der Waals surface area contributed by atoms with Crippen molar-refractivity contribution in [1.82, 2.24) is 15.3 Å². The fourth-order valence-corrected chi connectivity index (χ4v) is 2.25. The molecule has 5 nitrogen and oxygen atoms in total. The molecule has 0 saturated carbocycles. The molecule has 0 bridgehead atoms. The van der Waals surface area contributed by atoms with Gasteiger partial charge in [0.2, 0.25) is 0 Å². The smallest absolute Gasteiger partial charge is 0.271 e. The van der Waals surface area contributed by atoms with Crippen molar-refractivity contribution in [2.45, 2.75) is 32.3 Å². The van der Waals surface area contributed by atoms with Gasteiger partial charge in [0.15, 0.2) is 0 Å². The quantitative estimate of drug-likeness (QED) is 0.852. The standard InChI is InChI=1S/C17H20ClN3O2/c1-11(2)16-19-10-14(18)15(21-16)17(23)20-9-13(22)8-12-6-4-3-5-7-12/h3-7,10-11,13,22H,8-9H2,1-2H3,(H,20,23). The Morgan fingerprint density at radius 2 is 2.00 bits per heavy atom. The Kier molecular flexibility index (Phi) is 6.07. The van der Waals surface area contributed by atoms with Crippen molar-refractivity contribution < 1.29 is 9.90 Å². The molecular weight excluding hydrogens is 314 g/mol. The van der Waals surface area contributed by atoms with Crippen LogP contribution in [-0.2, 0) is 6.42 Å². The van der Waals surface area contributed by atoms with Crippen molar-refractivity contribution in [3.63, 3.8) is 0 Å². The highest BCUT2D eigenvalue weighted by atomic mass is 35.5. The van der Waals surface area contributed by atoms with Crippen LogP contribution in [-0.4, -0.2) is 33.6 Å². The second kappa shape index (κ2) is 8.04. The fraction of sp³-hybridized carbons (Fsp3) is 0.353. The Morgan fingerprint density at radius 3 is 2.65 bits per heavy atom. The molecule has 1 atom stereocenters. The average Bonchev–Trinajstić information content (AvgIpc) is 2.53. The molecule has 1 aromatic heterocycles. The van der Waals surface area contributed by atoms with Crippen LogP contribution in [0.2, 0.25) is 5.02 Å². The number of halogens is 1. The van der Waals surface area contributed by atoms with Crippen LogP contribution in [0.4, 0.5) is 0 Å². The molecular formula is C17H20ClN3O2. The number of nitrogens with zero attached hydrogens (tertiary/aromatic N) is 2. The first-order valence-corrected chi connectivity index (χ1v) is 7.87. The number of hydrogen-bond acceptors (Lipinski definition) is 4. The van der Waals surface area contributed by atoms with Crippen molar-refractivity contribution in [3.8, 4) is 0 Å². The SMILES string of the molecule is CC(C)c1ncc(Cl)c(C(=O)NCC(O)Cc2ccccc2)n1. The van der Waals surface area contributed by atoms with E-state index in [2.05, 4.69) is 15.3 Å². The average molecular weight is 334 g/mol. The van der Waals surface area contributed by atoms with Gasteiger partial charge in [-0.05, 0) is 5.56 Å². The predicted molar refractivity (Wildman–Crippen MR) is 89.6 cm³/mol. The Morgan fingerprint density at radius 1 is 1.30 bits per heavy atom. The van der Waals surface area contributed by atoms with Gasteiger partial charge < -0.3 is 10.4 Å². The van der Waals surface area contributed by atoms with Gasteiger partial charge in [0.25, 0.3) is 5.91 Å². The van der Waals surface area contributed by atoms with Gasteiger partial charge in [0.05, 0.1) is 17.3 Å². The highest BCUT2D eigenvalue weighted by molar-refractivity contribution is 6.33. The summed E-state index contributed by atoms with van der Waals surface area (Å²) in [5.74, 6) is 0.248. The van der Waals surface area contributed by atoms with Crippen molar-refractivity contribution in [1.29, 1.82) is 0 Å². The summed E-state index contributed by atoms with van der Waals surface area (Å²) in [6.45, 7) is 4.01. The predicted octanol–water partition coefficient (Wildman–Crippen LogP) is 2.59. The molecule has 23 heavy (non-hydrogen) atoms. The zero-order valence-electron chi connectivity index (χ0n) is 13.2. The molecule has 0 aliphatic heterocycles. The lowest BCUT2D eigenvalue weighted by atomic mass is 10.1. The van der Waals surface area contributed by atoms with Crippen LogP contribution in [0.5, 0.6) is 0 Å². The van der Waals surface area contributed by atoms with E-state index in [-0.39, 0.29) is 23.2 Å². The molecule has 122 valence electrons. The van der Waals surface area contributed by atoms with Gasteiger partial charge in [-0.25, -0.2) is 9.97 Å². The number of carbonyl (C=O) groups excluding carboxylic acids is 1. The largest absolute Gasteiger partial charge is 0.391 e. The summed E-state index contributed by atoms with van der Waals surface area (Å²) < 4.78 is 0. The first-order valence-electron chi connectivity index (χ1n) is 7.50. The van der Waals surface area contributed by atoms with E-state index in [0.717, 1.165) is 5.56 Å². The van der Waals surface area contributed by atoms with E-state index in [9.17, 15) is 9.90 Å². The summed E-state index contributed by atoms with van der Waals surface area (Å²) in [5, 5.41) is 12.9. The van der Waals surface area contributed by atoms with E-state index in [4.69, 9.17) is 11.6 Å². The topological polar surface area (TPSA) is 75.1 Å². The van der Waals surface area contributed by atoms with E-state index in [1.54, 1.807) is 0 Å². The summed E-state index contributed by atoms with van der Waals surface area (Å²) in [6, 6.07) is 9.60. The zero-order valence-corrected chi connectivity index (χ0v) is 13.9. The van der Waals surface area contributed by atoms with E-state index >= 15 is 0 Å². The van der Waals surface area contributed by atoms with Crippen molar-refractivity contribution >= 4 is 17.5 Å². The number of rotatable bonds is 6. The number of nitrogens with one attached hydrogen (secondary N) is 1. The van der Waals surface area contributed by atoms with E-state index in [0.29, 0.717) is 12.2 Å². The van der Waals surface area contributed by atoms with Crippen molar-refractivity contribution in [3.05, 3.63) is 58.6 Å². The maximum absolute atomic E-state index is 12.2. The molecule has 1 amide bonds. The van der Waals surface area contributed by atoms with Gasteiger partial charge >= 0.3 is 0 Å². The van der Waals surface area contributed by atoms with E-state index in [1.165, 1.54) is 6.20 Å². The Bertz CT molecular complexity index is 662. The lowest BCUT2D eigenvalue weighted by Crippen LogP contribution is -2.34. The van der Waals surface area contributed by atoms with Gasteiger partial charge in [0.1, 0.15) is 11.5 Å². The molecule has 0 aliphatic carbocycles. The minimum atomic E-state index is -0.675. The number of aliphatic hydroxyl groups is 1. The minimum Gasteiger partial charge on any atom is -0.391 e. The molecule has 2 aromatic rings. The zero-order chi connectivity index (χ0) is 16.8. The molecule has 0 saturated heterocycles. The second-order valence-corrected chi connectivity index (χ2v) is 6.04. The Hall–Kier alpha value is -1.98. The Labute approximate surface area is 140 Å². The van der Waals surface area contributed by atoms with Crippen molar-refractivity contribution in [2.24, 2.45) is 0 Å². The molecule has 0 radical (unpaired) electrons. The van der Waals surface area contributed by atoms with Gasteiger partial charge in [-0.15, -0.1) is 0 Å². The number of aliphatic hydroxyl groups excluding tert-OH is 1. The molecule has 2 N–H and O–H groups in total. The molecule has 2 rings (SSSR count). The summed E-state index contributed by atoms with van der Waals surface area (Å²) in [4.78, 5) is 20.5. The minimum absolute atomic E-state index is 0.0995. The molecule has 1 unspecified atom stereocenters. The number of carbonyl (C=O) groups is 1. The number of aromatic nitrogens is 2. The van der Waals surface area contributed by atoms with Gasteiger partial charge in [-0.3, -0.25) is 4.79 Å². The van der Waals surface area contributed by atoms with Crippen LogP contribution in [0.1, 0.15) is 41.6 Å². The van der Waals surface area contributed by atoms with E-state index in [1.807, 2.05) is 44.2 Å². The maximum atomic E-state index is 12.2. The fourth-order valence-electron chi connectivity index (χ4n) is 2.07. The van der Waals surface area contributed by atoms with Crippen LogP contribution < -0.4 is 5.32 Å². The summed E-state index contributed by atoms with van der Waals surface area (Å²) in [5.41, 5.74) is 1.15. The third-order valence-corrected chi connectivity index (χ3v) is 3.58. The number of benzene rings is 1. The van der Waals surface area contributed by atoms with E-state index < -0.39 is 12.0 Å². The number of amides is 1. The summed E-state index contributed by atoms with van der Waals surface area (Å²) >= 11 is 5.99. The van der Waals surface area contributed by atoms with Crippen LogP contribution in [0.3, 0.4) is 0 Å². The lowest BCUT2D eigenvalue weighted by Gasteiger charge is -2.13. The van der Waals surface area contributed by atoms with Gasteiger partial charge in [-0.2, -0.15) is 0 Å². The molecule has 0 aliphatic rings. The van der Waals surface area contributed by atoms with Gasteiger partial charge in [-0.1, -0.05) is 55.8 Å². The molecule has 1 aromatic carbocycles. The number of hydrogen-bond donors (Lipinski definition) is 2. The summed E-state index contributed by atoms with van der Waals surface area (Å²) in [6.07, 6.45) is 1.22. The van der Waals surface area contributed by atoms with Crippen LogP contribution in [0.15, 0.2) is 36.5 Å². The lowest BCUT2D eigenvalue weighted by molar-refractivity contribution is 0.0910. The van der Waals surface area contributed by atoms with Crippen molar-refractivity contribution in [2.75, 3.05) is 6.54 Å². The third-order valence-electron chi connectivity index (χ3n) is 3.31. The molecule has 6 heteroatoms. The van der Waals surface area contributed by atoms with Crippen LogP contribution >= 0.6 is 11.6 Å². The van der Waals surface area contributed by atoms with Crippen LogP contribution in [0, 0.1) is 0 Å². The summed E-state index contributed by atoms with van der Waals surface area (Å²) in [7, 11) is 0. The Balaban J connectivity index is 1.95. The maximum Gasteiger partial charge on any atom is 0.271 e. The molecule has 1 heterocycles. The monoisotopic (exact) mass is 333 g/mol. The first-order chi connectivity index (χ1) is 11.0. The molecule has 0 fully saturated rings.